The average molecular weight is 356 g/mol. The van der Waals surface area contributed by atoms with E-state index in [2.05, 4.69) is 21.2 Å². The van der Waals surface area contributed by atoms with Gasteiger partial charge in [-0.1, -0.05) is 12.1 Å². The summed E-state index contributed by atoms with van der Waals surface area (Å²) in [4.78, 5) is 23.1. The molecule has 2 aromatic rings. The number of aromatic carboxylic acids is 1. The topological polar surface area (TPSA) is 66.4 Å². The lowest BCUT2D eigenvalue weighted by atomic mass is 10.1. The van der Waals surface area contributed by atoms with Gasteiger partial charge in [-0.3, -0.25) is 4.79 Å². The number of amides is 1. The van der Waals surface area contributed by atoms with Gasteiger partial charge in [-0.15, -0.1) is 0 Å². The first-order valence-corrected chi connectivity index (χ1v) is 6.48. The largest absolute Gasteiger partial charge is 0.478 e. The van der Waals surface area contributed by atoms with Crippen LogP contribution in [0.1, 0.15) is 20.7 Å². The molecule has 0 heterocycles. The van der Waals surface area contributed by atoms with Gasteiger partial charge in [-0.2, -0.15) is 0 Å². The smallest absolute Gasteiger partial charge is 0.337 e. The maximum atomic E-state index is 13.5. The Kier molecular flexibility index (Phi) is 4.32. The lowest BCUT2D eigenvalue weighted by molar-refractivity contribution is 0.0698. The van der Waals surface area contributed by atoms with Crippen molar-refractivity contribution < 1.29 is 23.5 Å². The number of benzene rings is 2. The zero-order valence-electron chi connectivity index (χ0n) is 10.4. The molecule has 4 nitrogen and oxygen atoms in total. The molecule has 0 aliphatic rings. The van der Waals surface area contributed by atoms with Crippen molar-refractivity contribution in [1.82, 2.24) is 0 Å². The highest BCUT2D eigenvalue weighted by Gasteiger charge is 2.21. The van der Waals surface area contributed by atoms with Crippen LogP contribution in [0.5, 0.6) is 0 Å². The number of rotatable bonds is 3. The second kappa shape index (κ2) is 6.01. The van der Waals surface area contributed by atoms with Gasteiger partial charge in [-0.25, -0.2) is 13.6 Å². The van der Waals surface area contributed by atoms with Gasteiger partial charge < -0.3 is 10.4 Å². The SMILES string of the molecule is O=C(O)c1cccc(Br)c1NC(=O)c1c(F)cccc1F. The molecule has 0 saturated heterocycles. The number of hydrogen-bond donors (Lipinski definition) is 2. The van der Waals surface area contributed by atoms with Crippen molar-refractivity contribution in [2.24, 2.45) is 0 Å². The van der Waals surface area contributed by atoms with E-state index in [9.17, 15) is 18.4 Å². The first-order chi connectivity index (χ1) is 9.91. The van der Waals surface area contributed by atoms with E-state index in [4.69, 9.17) is 5.11 Å². The second-order valence-electron chi connectivity index (χ2n) is 4.02. The van der Waals surface area contributed by atoms with Gasteiger partial charge in [-0.05, 0) is 40.2 Å². The quantitative estimate of drug-likeness (QED) is 0.882. The van der Waals surface area contributed by atoms with Gasteiger partial charge >= 0.3 is 5.97 Å². The molecule has 0 aromatic heterocycles. The number of carboxylic acid groups (broad SMARTS) is 1. The predicted molar refractivity (Wildman–Crippen MR) is 75.4 cm³/mol. The Morgan fingerprint density at radius 1 is 1.05 bits per heavy atom. The zero-order valence-corrected chi connectivity index (χ0v) is 11.9. The second-order valence-corrected chi connectivity index (χ2v) is 4.87. The molecule has 1 amide bonds. The van der Waals surface area contributed by atoms with E-state index >= 15 is 0 Å². The molecule has 0 atom stereocenters. The highest BCUT2D eigenvalue weighted by atomic mass is 79.9. The van der Waals surface area contributed by atoms with Crippen molar-refractivity contribution >= 4 is 33.5 Å². The number of carboxylic acids is 1. The Bertz CT molecular complexity index is 714. The third-order valence-corrected chi connectivity index (χ3v) is 3.33. The van der Waals surface area contributed by atoms with Gasteiger partial charge in [0.15, 0.2) is 0 Å². The summed E-state index contributed by atoms with van der Waals surface area (Å²) >= 11 is 3.09. The Labute approximate surface area is 126 Å². The van der Waals surface area contributed by atoms with Crippen LogP contribution in [-0.4, -0.2) is 17.0 Å². The van der Waals surface area contributed by atoms with Crippen molar-refractivity contribution in [3.05, 3.63) is 63.6 Å². The van der Waals surface area contributed by atoms with Crippen LogP contribution < -0.4 is 5.32 Å². The van der Waals surface area contributed by atoms with Crippen LogP contribution in [0.2, 0.25) is 0 Å². The molecule has 0 saturated carbocycles. The fourth-order valence-electron chi connectivity index (χ4n) is 1.72. The van der Waals surface area contributed by atoms with Crippen molar-refractivity contribution in [3.63, 3.8) is 0 Å². The highest BCUT2D eigenvalue weighted by molar-refractivity contribution is 9.10. The maximum absolute atomic E-state index is 13.5. The van der Waals surface area contributed by atoms with Crippen LogP contribution >= 0.6 is 15.9 Å². The monoisotopic (exact) mass is 355 g/mol. The van der Waals surface area contributed by atoms with E-state index in [-0.39, 0.29) is 15.7 Å². The lowest BCUT2D eigenvalue weighted by Gasteiger charge is -2.11. The molecule has 0 spiro atoms. The summed E-state index contributed by atoms with van der Waals surface area (Å²) in [6.45, 7) is 0. The number of nitrogens with one attached hydrogen (secondary N) is 1. The van der Waals surface area contributed by atoms with E-state index in [1.165, 1.54) is 18.2 Å². The van der Waals surface area contributed by atoms with Crippen molar-refractivity contribution in [2.75, 3.05) is 5.32 Å². The van der Waals surface area contributed by atoms with Gasteiger partial charge in [0.05, 0.1) is 11.3 Å². The minimum absolute atomic E-state index is 0.0716. The van der Waals surface area contributed by atoms with Crippen LogP contribution in [0.15, 0.2) is 40.9 Å². The third kappa shape index (κ3) is 3.08. The summed E-state index contributed by atoms with van der Waals surface area (Å²) in [6, 6.07) is 7.24. The Morgan fingerprint density at radius 2 is 1.62 bits per heavy atom. The molecule has 2 rings (SSSR count). The minimum Gasteiger partial charge on any atom is -0.478 e. The first kappa shape index (κ1) is 15.1. The number of anilines is 1. The van der Waals surface area contributed by atoms with Crippen molar-refractivity contribution in [3.8, 4) is 0 Å². The minimum atomic E-state index is -1.28. The predicted octanol–water partition coefficient (Wildman–Crippen LogP) is 3.68. The normalized spacial score (nSPS) is 10.2. The summed E-state index contributed by atoms with van der Waals surface area (Å²) in [6.07, 6.45) is 0. The molecule has 0 unspecified atom stereocenters. The van der Waals surface area contributed by atoms with Crippen LogP contribution in [-0.2, 0) is 0 Å². The fourth-order valence-corrected chi connectivity index (χ4v) is 2.19. The summed E-state index contributed by atoms with van der Waals surface area (Å²) < 4.78 is 27.4. The van der Waals surface area contributed by atoms with Gasteiger partial charge in [0.25, 0.3) is 5.91 Å². The van der Waals surface area contributed by atoms with Crippen LogP contribution in [0.3, 0.4) is 0 Å². The Balaban J connectivity index is 2.44. The number of carbonyl (C=O) groups is 2. The first-order valence-electron chi connectivity index (χ1n) is 5.69. The average Bonchev–Trinajstić information content (AvgIpc) is 2.40. The van der Waals surface area contributed by atoms with Gasteiger partial charge in [0.1, 0.15) is 17.2 Å². The Hall–Kier alpha value is -2.28. The summed E-state index contributed by atoms with van der Waals surface area (Å²) in [7, 11) is 0. The molecule has 0 radical (unpaired) electrons. The van der Waals surface area contributed by atoms with Crippen LogP contribution in [0, 0.1) is 11.6 Å². The zero-order chi connectivity index (χ0) is 15.6. The van der Waals surface area contributed by atoms with Crippen LogP contribution in [0.25, 0.3) is 0 Å². The molecular weight excluding hydrogens is 348 g/mol. The molecule has 0 aliphatic carbocycles. The molecule has 0 bridgehead atoms. The maximum Gasteiger partial charge on any atom is 0.337 e. The van der Waals surface area contributed by atoms with Crippen LogP contribution in [0.4, 0.5) is 14.5 Å². The Morgan fingerprint density at radius 3 is 2.19 bits per heavy atom. The fraction of sp³-hybridized carbons (Fsp3) is 0. The lowest BCUT2D eigenvalue weighted by Crippen LogP contribution is -2.18. The summed E-state index contributed by atoms with van der Waals surface area (Å²) in [5.41, 5.74) is -1.04. The van der Waals surface area contributed by atoms with E-state index < -0.39 is 29.1 Å². The molecule has 0 fully saturated rings. The molecule has 2 aromatic carbocycles. The van der Waals surface area contributed by atoms with E-state index in [0.717, 1.165) is 18.2 Å². The summed E-state index contributed by atoms with van der Waals surface area (Å²) in [5, 5.41) is 11.3. The van der Waals surface area contributed by atoms with E-state index in [0.29, 0.717) is 0 Å². The third-order valence-electron chi connectivity index (χ3n) is 2.67. The molecule has 7 heteroatoms. The molecule has 0 aliphatic heterocycles. The number of hydrogen-bond acceptors (Lipinski definition) is 2. The van der Waals surface area contributed by atoms with Gasteiger partial charge in [0.2, 0.25) is 0 Å². The van der Waals surface area contributed by atoms with Crippen molar-refractivity contribution in [1.29, 1.82) is 0 Å². The number of halogens is 3. The van der Waals surface area contributed by atoms with Gasteiger partial charge in [0, 0.05) is 4.47 Å². The molecule has 108 valence electrons. The number of para-hydroxylation sites is 1. The highest BCUT2D eigenvalue weighted by Crippen LogP contribution is 2.27. The van der Waals surface area contributed by atoms with E-state index in [1.807, 2.05) is 0 Å². The standard InChI is InChI=1S/C14H8BrF2NO3/c15-8-4-1-3-7(14(20)21)12(8)18-13(19)11-9(16)5-2-6-10(11)17/h1-6H,(H,18,19)(H,20,21). The molecule has 21 heavy (non-hydrogen) atoms. The van der Waals surface area contributed by atoms with E-state index in [1.54, 1.807) is 0 Å². The molecule has 2 N–H and O–H groups in total. The van der Waals surface area contributed by atoms with Crippen molar-refractivity contribution in [2.45, 2.75) is 0 Å². The summed E-state index contributed by atoms with van der Waals surface area (Å²) in [5.74, 6) is -4.41. The number of carbonyl (C=O) groups excluding carboxylic acids is 1. The molecular formula is C14H8BrF2NO3.